The first-order chi connectivity index (χ1) is 36.3. The van der Waals surface area contributed by atoms with Crippen LogP contribution in [0.4, 0.5) is 4.79 Å². The van der Waals surface area contributed by atoms with Crippen molar-refractivity contribution in [3.63, 3.8) is 0 Å². The first kappa shape index (κ1) is 70.9. The molecule has 432 valence electrons. The molecular weight excluding hydrogens is 925 g/mol. The fourth-order valence-electron chi connectivity index (χ4n) is 9.18. The monoisotopic (exact) mass is 1040 g/mol. The van der Waals surface area contributed by atoms with Crippen LogP contribution >= 0.6 is 0 Å². The van der Waals surface area contributed by atoms with Gasteiger partial charge in [-0.15, -0.1) is 0 Å². The molecule has 0 fully saturated rings. The van der Waals surface area contributed by atoms with Crippen LogP contribution in [0.1, 0.15) is 291 Å². The summed E-state index contributed by atoms with van der Waals surface area (Å²) < 4.78 is 22.6. The Morgan fingerprint density at radius 2 is 0.770 bits per heavy atom. The van der Waals surface area contributed by atoms with E-state index in [0.717, 1.165) is 122 Å². The Balaban J connectivity index is 5.13. The molecule has 10 nitrogen and oxygen atoms in total. The number of nitrogens with zero attached hydrogens (tertiary/aromatic N) is 2. The smallest absolute Gasteiger partial charge is 0.464 e. The second kappa shape index (κ2) is 57.6. The van der Waals surface area contributed by atoms with E-state index < -0.39 is 12.3 Å². The van der Waals surface area contributed by atoms with Gasteiger partial charge in [0.2, 0.25) is 5.91 Å². The van der Waals surface area contributed by atoms with Crippen LogP contribution in [-0.4, -0.2) is 92.4 Å². The van der Waals surface area contributed by atoms with Gasteiger partial charge in [0.15, 0.2) is 0 Å². The van der Waals surface area contributed by atoms with Crippen molar-refractivity contribution in [2.75, 3.05) is 52.5 Å². The lowest BCUT2D eigenvalue weighted by atomic mass is 10.0. The highest BCUT2D eigenvalue weighted by Gasteiger charge is 2.21. The van der Waals surface area contributed by atoms with Crippen molar-refractivity contribution in [2.45, 2.75) is 298 Å². The van der Waals surface area contributed by atoms with Gasteiger partial charge in [-0.3, -0.25) is 14.4 Å². The second-order valence-electron chi connectivity index (χ2n) is 20.9. The third kappa shape index (κ3) is 51.0. The van der Waals surface area contributed by atoms with Crippen LogP contribution in [0.25, 0.3) is 0 Å². The largest absolute Gasteiger partial charge is 0.508 e. The van der Waals surface area contributed by atoms with E-state index in [9.17, 15) is 19.2 Å². The molecule has 1 amide bonds. The van der Waals surface area contributed by atoms with E-state index in [2.05, 4.69) is 76.0 Å². The number of unbranched alkanes of at least 4 members (excludes halogenated alkanes) is 28. The van der Waals surface area contributed by atoms with E-state index >= 15 is 0 Å². The van der Waals surface area contributed by atoms with Gasteiger partial charge in [0, 0.05) is 25.8 Å². The molecule has 0 bridgehead atoms. The maximum atomic E-state index is 13.9. The molecule has 10 heteroatoms. The number of esters is 2. The lowest BCUT2D eigenvalue weighted by molar-refractivity contribution is -0.148. The Hall–Kier alpha value is -3.14. The molecule has 0 heterocycles. The molecule has 0 radical (unpaired) electrons. The van der Waals surface area contributed by atoms with Crippen LogP contribution < -0.4 is 0 Å². The number of hydrogen-bond acceptors (Lipinski definition) is 9. The number of carbonyl (C=O) groups excluding carboxylic acids is 4. The highest BCUT2D eigenvalue weighted by molar-refractivity contribution is 5.76. The molecule has 1 unspecified atom stereocenters. The molecule has 0 aliphatic carbocycles. The van der Waals surface area contributed by atoms with Gasteiger partial charge in [-0.05, 0) is 109 Å². The Morgan fingerprint density at radius 3 is 1.23 bits per heavy atom. The molecule has 0 aromatic carbocycles. The quantitative estimate of drug-likeness (QED) is 0.0254. The lowest BCUT2D eigenvalue weighted by Crippen LogP contribution is -2.38. The summed E-state index contributed by atoms with van der Waals surface area (Å²) in [7, 11) is 0. The molecule has 0 spiro atoms. The Kier molecular flexibility index (Phi) is 55.1. The minimum absolute atomic E-state index is 0.0754. The highest BCUT2D eigenvalue weighted by Crippen LogP contribution is 2.18. The maximum absolute atomic E-state index is 13.9. The molecular formula is C64H118N2O8. The van der Waals surface area contributed by atoms with Crippen molar-refractivity contribution in [3.05, 3.63) is 36.5 Å². The summed E-state index contributed by atoms with van der Waals surface area (Å²) in [6, 6.07) is 0. The lowest BCUT2D eigenvalue weighted by Gasteiger charge is -2.24. The Bertz CT molecular complexity index is 1350. The normalized spacial score (nSPS) is 12.1. The summed E-state index contributed by atoms with van der Waals surface area (Å²) in [5, 5.41) is 0. The first-order valence-electron chi connectivity index (χ1n) is 31.4. The third-order valence-electron chi connectivity index (χ3n) is 14.1. The summed E-state index contributed by atoms with van der Waals surface area (Å²) in [4.78, 5) is 56.2. The average Bonchev–Trinajstić information content (AvgIpc) is 3.40. The van der Waals surface area contributed by atoms with Crippen LogP contribution in [0, 0.1) is 0 Å². The van der Waals surface area contributed by atoms with Crippen molar-refractivity contribution < 1.29 is 38.1 Å². The molecule has 0 saturated heterocycles. The van der Waals surface area contributed by atoms with Crippen LogP contribution in [-0.2, 0) is 33.3 Å². The van der Waals surface area contributed by atoms with Crippen molar-refractivity contribution in [3.8, 4) is 0 Å². The summed E-state index contributed by atoms with van der Waals surface area (Å²) >= 11 is 0. The predicted octanol–water partition coefficient (Wildman–Crippen LogP) is 18.1. The predicted molar refractivity (Wildman–Crippen MR) is 312 cm³/mol. The molecule has 0 aliphatic heterocycles. The SMILES string of the molecule is CCCCC/C=C\C/C=C\CCCCCCCC(=O)OCCN(CCOC(=O)CCCCCCC/C=C\CCCCCCCC)C(=O)CCC(CCCCCCCCCCCC)OC(=O)OCCCN(CC)CC. The zero-order chi connectivity index (χ0) is 54.1. The van der Waals surface area contributed by atoms with Gasteiger partial charge < -0.3 is 28.7 Å². The second-order valence-corrected chi connectivity index (χ2v) is 20.9. The van der Waals surface area contributed by atoms with Gasteiger partial charge in [0.05, 0.1) is 19.7 Å². The van der Waals surface area contributed by atoms with Crippen molar-refractivity contribution in [1.82, 2.24) is 9.80 Å². The molecule has 0 rings (SSSR count). The van der Waals surface area contributed by atoms with Gasteiger partial charge in [-0.2, -0.15) is 0 Å². The fraction of sp³-hybridized carbons (Fsp3) is 0.844. The number of amides is 1. The zero-order valence-electron chi connectivity index (χ0n) is 49.1. The summed E-state index contributed by atoms with van der Waals surface area (Å²) in [5.41, 5.74) is 0. The number of rotatable bonds is 56. The van der Waals surface area contributed by atoms with E-state index in [-0.39, 0.29) is 57.2 Å². The van der Waals surface area contributed by atoms with E-state index in [1.807, 2.05) is 0 Å². The topological polar surface area (TPSA) is 112 Å². The highest BCUT2D eigenvalue weighted by atomic mass is 16.7. The molecule has 74 heavy (non-hydrogen) atoms. The van der Waals surface area contributed by atoms with Crippen LogP contribution in [0.15, 0.2) is 36.5 Å². The van der Waals surface area contributed by atoms with Crippen molar-refractivity contribution in [2.24, 2.45) is 0 Å². The molecule has 0 aromatic rings. The minimum atomic E-state index is -0.680. The van der Waals surface area contributed by atoms with E-state index in [4.69, 9.17) is 18.9 Å². The molecule has 1 atom stereocenters. The van der Waals surface area contributed by atoms with E-state index in [1.54, 1.807) is 4.90 Å². The van der Waals surface area contributed by atoms with Gasteiger partial charge in [-0.25, -0.2) is 4.79 Å². The summed E-state index contributed by atoms with van der Waals surface area (Å²) in [6.07, 6.45) is 55.2. The Labute approximate surface area is 456 Å². The first-order valence-corrected chi connectivity index (χ1v) is 31.4. The van der Waals surface area contributed by atoms with Crippen LogP contribution in [0.5, 0.6) is 0 Å². The third-order valence-corrected chi connectivity index (χ3v) is 14.1. The average molecular weight is 1040 g/mol. The molecule has 0 aliphatic rings. The number of ether oxygens (including phenoxy) is 4. The van der Waals surface area contributed by atoms with Crippen molar-refractivity contribution >= 4 is 24.0 Å². The summed E-state index contributed by atoms with van der Waals surface area (Å²) in [6.45, 7) is 14.6. The van der Waals surface area contributed by atoms with E-state index in [1.165, 1.54) is 122 Å². The fourth-order valence-corrected chi connectivity index (χ4v) is 9.18. The minimum Gasteiger partial charge on any atom is -0.464 e. The van der Waals surface area contributed by atoms with Crippen LogP contribution in [0.3, 0.4) is 0 Å². The number of carbonyl (C=O) groups is 4. The van der Waals surface area contributed by atoms with Gasteiger partial charge in [0.1, 0.15) is 19.3 Å². The zero-order valence-corrected chi connectivity index (χ0v) is 49.1. The molecule has 0 aromatic heterocycles. The summed E-state index contributed by atoms with van der Waals surface area (Å²) in [5.74, 6) is -0.651. The van der Waals surface area contributed by atoms with Crippen molar-refractivity contribution in [1.29, 1.82) is 0 Å². The molecule has 0 N–H and O–H groups in total. The van der Waals surface area contributed by atoms with Gasteiger partial charge in [-0.1, -0.05) is 212 Å². The molecule has 0 saturated carbocycles. The number of hydrogen-bond donors (Lipinski definition) is 0. The maximum Gasteiger partial charge on any atom is 0.508 e. The van der Waals surface area contributed by atoms with Gasteiger partial charge in [0.25, 0.3) is 0 Å². The van der Waals surface area contributed by atoms with E-state index in [0.29, 0.717) is 25.7 Å². The Morgan fingerprint density at radius 1 is 0.378 bits per heavy atom. The standard InChI is InChI=1S/C64H118N2O8/c1-6-11-14-17-20-23-26-28-30-32-34-37-40-43-46-50-62(68)71-58-55-66(56-59-72-63(69)51-47-44-41-38-35-33-31-29-27-24-21-18-15-12-7-2)61(67)53-52-60(49-45-42-39-36-25-22-19-16-13-8-3)74-64(70)73-57-48-54-65(9-4)10-5/h20,23,28-31,60H,6-19,21-22,24-27,32-59H2,1-5H3/b23-20-,30-28-,31-29-. The van der Waals surface area contributed by atoms with Crippen LogP contribution in [0.2, 0.25) is 0 Å². The van der Waals surface area contributed by atoms with Gasteiger partial charge >= 0.3 is 18.1 Å². The number of allylic oxidation sites excluding steroid dienone is 6.